The van der Waals surface area contributed by atoms with Crippen LogP contribution in [0.4, 0.5) is 0 Å². The number of hydrogen-bond donors (Lipinski definition) is 1. The third-order valence-electron chi connectivity index (χ3n) is 4.77. The Morgan fingerprint density at radius 2 is 1.89 bits per heavy atom. The summed E-state index contributed by atoms with van der Waals surface area (Å²) >= 11 is 0. The average Bonchev–Trinajstić information content (AvgIpc) is 2.95. The van der Waals surface area contributed by atoms with Crippen molar-refractivity contribution in [3.63, 3.8) is 0 Å². The van der Waals surface area contributed by atoms with Crippen molar-refractivity contribution in [3.05, 3.63) is 65.0 Å². The number of likely N-dealkylation sites (tertiary alicyclic amines) is 1. The third kappa shape index (κ3) is 3.50. The monoisotopic (exact) mass is 380 g/mol. The molecule has 1 N–H and O–H groups in total. The van der Waals surface area contributed by atoms with Gasteiger partial charge in [0.05, 0.1) is 18.2 Å². The van der Waals surface area contributed by atoms with Crippen molar-refractivity contribution in [3.8, 4) is 5.75 Å². The van der Waals surface area contributed by atoms with Gasteiger partial charge in [0, 0.05) is 24.5 Å². The highest BCUT2D eigenvalue weighted by Crippen LogP contribution is 2.39. The van der Waals surface area contributed by atoms with Crippen LogP contribution in [-0.2, 0) is 9.59 Å². The van der Waals surface area contributed by atoms with Crippen molar-refractivity contribution < 1.29 is 19.4 Å². The molecule has 3 rings (SSSR count). The van der Waals surface area contributed by atoms with Gasteiger partial charge in [-0.25, -0.2) is 0 Å². The Hall–Kier alpha value is -3.15. The predicted octanol–water partition coefficient (Wildman–Crippen LogP) is 3.62. The SMILES string of the molecule is CCCN1C(=O)C(=O)/C(=C(\O)c2ccc(OCC)c(C)c2)C1c1ccncc1. The summed E-state index contributed by atoms with van der Waals surface area (Å²) in [6.45, 7) is 6.68. The van der Waals surface area contributed by atoms with E-state index in [1.807, 2.05) is 20.8 Å². The second-order valence-electron chi connectivity index (χ2n) is 6.69. The van der Waals surface area contributed by atoms with E-state index < -0.39 is 17.7 Å². The number of amides is 1. The summed E-state index contributed by atoms with van der Waals surface area (Å²) in [7, 11) is 0. The van der Waals surface area contributed by atoms with Gasteiger partial charge < -0.3 is 14.7 Å². The number of ether oxygens (including phenoxy) is 1. The molecule has 146 valence electrons. The van der Waals surface area contributed by atoms with Crippen molar-refractivity contribution in [2.75, 3.05) is 13.2 Å². The van der Waals surface area contributed by atoms with Crippen molar-refractivity contribution in [2.24, 2.45) is 0 Å². The van der Waals surface area contributed by atoms with Gasteiger partial charge >= 0.3 is 0 Å². The first-order chi connectivity index (χ1) is 13.5. The Morgan fingerprint density at radius 1 is 1.18 bits per heavy atom. The highest BCUT2D eigenvalue weighted by atomic mass is 16.5. The second-order valence-corrected chi connectivity index (χ2v) is 6.69. The number of aromatic nitrogens is 1. The number of pyridine rings is 1. The van der Waals surface area contributed by atoms with Crippen molar-refractivity contribution >= 4 is 17.4 Å². The van der Waals surface area contributed by atoms with Crippen LogP contribution in [0.3, 0.4) is 0 Å². The fourth-order valence-electron chi connectivity index (χ4n) is 3.51. The molecule has 1 fully saturated rings. The van der Waals surface area contributed by atoms with E-state index in [0.29, 0.717) is 25.1 Å². The Balaban J connectivity index is 2.14. The Kier molecular flexibility index (Phi) is 5.78. The molecule has 0 saturated carbocycles. The number of hydrogen-bond acceptors (Lipinski definition) is 5. The number of ketones is 1. The molecule has 1 aliphatic rings. The minimum atomic E-state index is -0.667. The molecule has 0 spiro atoms. The summed E-state index contributed by atoms with van der Waals surface area (Å²) < 4.78 is 5.54. The Morgan fingerprint density at radius 3 is 2.50 bits per heavy atom. The molecule has 1 unspecified atom stereocenters. The van der Waals surface area contributed by atoms with E-state index in [-0.39, 0.29) is 11.3 Å². The molecule has 6 nitrogen and oxygen atoms in total. The van der Waals surface area contributed by atoms with Gasteiger partial charge in [-0.15, -0.1) is 0 Å². The summed E-state index contributed by atoms with van der Waals surface area (Å²) in [5.74, 6) is -0.715. The Bertz CT molecular complexity index is 921. The lowest BCUT2D eigenvalue weighted by Gasteiger charge is -2.24. The van der Waals surface area contributed by atoms with Gasteiger partial charge in [0.15, 0.2) is 0 Å². The topological polar surface area (TPSA) is 79.7 Å². The lowest BCUT2D eigenvalue weighted by atomic mass is 9.95. The van der Waals surface area contributed by atoms with E-state index in [1.54, 1.807) is 42.7 Å². The number of carbonyl (C=O) groups is 2. The van der Waals surface area contributed by atoms with E-state index in [0.717, 1.165) is 16.9 Å². The molecular weight excluding hydrogens is 356 g/mol. The molecule has 0 bridgehead atoms. The zero-order valence-corrected chi connectivity index (χ0v) is 16.3. The van der Waals surface area contributed by atoms with Crippen LogP contribution in [0.5, 0.6) is 5.75 Å². The van der Waals surface area contributed by atoms with Crippen LogP contribution < -0.4 is 4.74 Å². The first-order valence-electron chi connectivity index (χ1n) is 9.41. The van der Waals surface area contributed by atoms with Gasteiger partial charge in [-0.3, -0.25) is 14.6 Å². The zero-order chi connectivity index (χ0) is 20.3. The standard InChI is InChI=1S/C22H24N2O4/c1-4-12-24-19(15-8-10-23-11-9-15)18(21(26)22(24)27)20(25)16-6-7-17(28-5-2)14(3)13-16/h6-11,13,19,25H,4-5,12H2,1-3H3/b20-18-. The van der Waals surface area contributed by atoms with Gasteiger partial charge in [-0.05, 0) is 61.7 Å². The van der Waals surface area contributed by atoms with E-state index in [2.05, 4.69) is 4.98 Å². The van der Waals surface area contributed by atoms with Gasteiger partial charge in [0.1, 0.15) is 11.5 Å². The maximum atomic E-state index is 12.8. The maximum Gasteiger partial charge on any atom is 0.295 e. The highest BCUT2D eigenvalue weighted by molar-refractivity contribution is 6.46. The normalized spacial score (nSPS) is 18.5. The minimum absolute atomic E-state index is 0.105. The molecule has 6 heteroatoms. The van der Waals surface area contributed by atoms with Crippen molar-refractivity contribution in [1.29, 1.82) is 0 Å². The van der Waals surface area contributed by atoms with Crippen LogP contribution in [-0.4, -0.2) is 39.8 Å². The van der Waals surface area contributed by atoms with E-state index in [9.17, 15) is 14.7 Å². The number of benzene rings is 1. The van der Waals surface area contributed by atoms with Gasteiger partial charge in [-0.1, -0.05) is 6.92 Å². The lowest BCUT2D eigenvalue weighted by molar-refractivity contribution is -0.139. The van der Waals surface area contributed by atoms with Crippen LogP contribution in [0.15, 0.2) is 48.3 Å². The number of aryl methyl sites for hydroxylation is 1. The van der Waals surface area contributed by atoms with Crippen LogP contribution in [0.25, 0.3) is 5.76 Å². The number of aliphatic hydroxyl groups excluding tert-OH is 1. The molecule has 28 heavy (non-hydrogen) atoms. The average molecular weight is 380 g/mol. The molecule has 1 aromatic carbocycles. The Labute approximate surface area is 164 Å². The molecule has 1 aromatic heterocycles. The summed E-state index contributed by atoms with van der Waals surface area (Å²) in [6.07, 6.45) is 3.93. The first-order valence-corrected chi connectivity index (χ1v) is 9.41. The fraction of sp³-hybridized carbons (Fsp3) is 0.318. The van der Waals surface area contributed by atoms with E-state index in [4.69, 9.17) is 4.74 Å². The molecule has 0 radical (unpaired) electrons. The van der Waals surface area contributed by atoms with Crippen molar-refractivity contribution in [1.82, 2.24) is 9.88 Å². The number of Topliss-reactive ketones (excluding diaryl/α,β-unsaturated/α-hetero) is 1. The second kappa shape index (κ2) is 8.25. The maximum absolute atomic E-state index is 12.8. The summed E-state index contributed by atoms with van der Waals surface area (Å²) in [5, 5.41) is 11.0. The van der Waals surface area contributed by atoms with Gasteiger partial charge in [-0.2, -0.15) is 0 Å². The fourth-order valence-corrected chi connectivity index (χ4v) is 3.51. The molecule has 1 aliphatic heterocycles. The van der Waals surface area contributed by atoms with Crippen LogP contribution in [0.2, 0.25) is 0 Å². The minimum Gasteiger partial charge on any atom is -0.507 e. The molecular formula is C22H24N2O4. The molecule has 0 aliphatic carbocycles. The highest BCUT2D eigenvalue weighted by Gasteiger charge is 2.45. The van der Waals surface area contributed by atoms with Crippen LogP contribution in [0, 0.1) is 6.92 Å². The smallest absolute Gasteiger partial charge is 0.295 e. The van der Waals surface area contributed by atoms with E-state index in [1.165, 1.54) is 4.90 Å². The zero-order valence-electron chi connectivity index (χ0n) is 16.3. The summed E-state index contributed by atoms with van der Waals surface area (Å²) in [6, 6.07) is 8.11. The largest absolute Gasteiger partial charge is 0.507 e. The number of aliphatic hydroxyl groups is 1. The molecule has 1 saturated heterocycles. The van der Waals surface area contributed by atoms with Crippen LogP contribution >= 0.6 is 0 Å². The van der Waals surface area contributed by atoms with E-state index >= 15 is 0 Å². The van der Waals surface area contributed by atoms with Gasteiger partial charge in [0.2, 0.25) is 0 Å². The molecule has 1 amide bonds. The third-order valence-corrected chi connectivity index (χ3v) is 4.77. The number of nitrogens with zero attached hydrogens (tertiary/aromatic N) is 2. The predicted molar refractivity (Wildman–Crippen MR) is 106 cm³/mol. The quantitative estimate of drug-likeness (QED) is 0.470. The first kappa shape index (κ1) is 19.6. The number of rotatable bonds is 6. The lowest BCUT2D eigenvalue weighted by Crippen LogP contribution is -2.30. The van der Waals surface area contributed by atoms with Gasteiger partial charge in [0.25, 0.3) is 11.7 Å². The number of carbonyl (C=O) groups excluding carboxylic acids is 2. The molecule has 1 atom stereocenters. The summed E-state index contributed by atoms with van der Waals surface area (Å²) in [5.41, 5.74) is 2.17. The summed E-state index contributed by atoms with van der Waals surface area (Å²) in [4.78, 5) is 31.0. The molecule has 2 aromatic rings. The van der Waals surface area contributed by atoms with Crippen LogP contribution in [0.1, 0.15) is 43.0 Å². The molecule has 2 heterocycles. The van der Waals surface area contributed by atoms with Crippen molar-refractivity contribution in [2.45, 2.75) is 33.2 Å².